The number of nitrogens with zero attached hydrogens (tertiary/aromatic N) is 2. The lowest BCUT2D eigenvalue weighted by molar-refractivity contribution is -0.127. The van der Waals surface area contributed by atoms with E-state index in [0.29, 0.717) is 0 Å². The summed E-state index contributed by atoms with van der Waals surface area (Å²) in [5.41, 5.74) is 1.03. The molecule has 0 spiro atoms. The lowest BCUT2D eigenvalue weighted by Crippen LogP contribution is -2.37. The molecule has 1 atom stereocenters. The van der Waals surface area contributed by atoms with E-state index in [1.807, 2.05) is 13.1 Å². The molecule has 1 aromatic heterocycles. The third-order valence-electron chi connectivity index (χ3n) is 4.01. The van der Waals surface area contributed by atoms with E-state index in [1.54, 1.807) is 10.9 Å². The number of aromatic nitrogens is 2. The van der Waals surface area contributed by atoms with Crippen molar-refractivity contribution in [2.45, 2.75) is 51.2 Å². The summed E-state index contributed by atoms with van der Waals surface area (Å²) in [5.74, 6) is 0.158. The van der Waals surface area contributed by atoms with Crippen LogP contribution in [0.3, 0.4) is 0 Å². The van der Waals surface area contributed by atoms with Gasteiger partial charge in [0, 0.05) is 19.2 Å². The number of hydrogen-bond acceptors (Lipinski definition) is 3. The lowest BCUT2D eigenvalue weighted by Gasteiger charge is -2.26. The maximum atomic E-state index is 12.3. The van der Waals surface area contributed by atoms with Crippen LogP contribution in [0.15, 0.2) is 12.3 Å². The van der Waals surface area contributed by atoms with Crippen molar-refractivity contribution < 1.29 is 9.90 Å². The summed E-state index contributed by atoms with van der Waals surface area (Å²) >= 11 is 0. The molecule has 1 aromatic rings. The Morgan fingerprint density at radius 1 is 1.53 bits per heavy atom. The van der Waals surface area contributed by atoms with E-state index < -0.39 is 0 Å². The van der Waals surface area contributed by atoms with E-state index in [4.69, 9.17) is 0 Å². The topological polar surface area (TPSA) is 67.2 Å². The highest BCUT2D eigenvalue weighted by molar-refractivity contribution is 5.79. The first-order chi connectivity index (χ1) is 9.11. The molecule has 106 valence electrons. The SMILES string of the molecule is CC[C@@H](NC(=O)C1CCC(O)CC1)c1ccnn1C. The summed E-state index contributed by atoms with van der Waals surface area (Å²) < 4.78 is 1.80. The van der Waals surface area contributed by atoms with Gasteiger partial charge in [-0.15, -0.1) is 0 Å². The van der Waals surface area contributed by atoms with Crippen molar-refractivity contribution in [3.63, 3.8) is 0 Å². The monoisotopic (exact) mass is 265 g/mol. The average molecular weight is 265 g/mol. The van der Waals surface area contributed by atoms with Crippen molar-refractivity contribution in [3.8, 4) is 0 Å². The van der Waals surface area contributed by atoms with Gasteiger partial charge in [0.05, 0.1) is 17.8 Å². The van der Waals surface area contributed by atoms with Crippen LogP contribution >= 0.6 is 0 Å². The van der Waals surface area contributed by atoms with E-state index in [2.05, 4.69) is 17.3 Å². The average Bonchev–Trinajstić information content (AvgIpc) is 2.83. The number of carbonyl (C=O) groups is 1. The number of amides is 1. The second-order valence-corrected chi connectivity index (χ2v) is 5.35. The quantitative estimate of drug-likeness (QED) is 0.867. The predicted molar refractivity (Wildman–Crippen MR) is 72.3 cm³/mol. The van der Waals surface area contributed by atoms with Crippen LogP contribution in [0.25, 0.3) is 0 Å². The number of rotatable bonds is 4. The van der Waals surface area contributed by atoms with Crippen LogP contribution in [0.2, 0.25) is 0 Å². The Morgan fingerprint density at radius 2 is 2.21 bits per heavy atom. The van der Waals surface area contributed by atoms with Gasteiger partial charge in [0.25, 0.3) is 0 Å². The number of nitrogens with one attached hydrogen (secondary N) is 1. The smallest absolute Gasteiger partial charge is 0.223 e. The van der Waals surface area contributed by atoms with Gasteiger partial charge in [-0.05, 0) is 38.2 Å². The van der Waals surface area contributed by atoms with Crippen LogP contribution in [0, 0.1) is 5.92 Å². The van der Waals surface area contributed by atoms with E-state index in [-0.39, 0.29) is 24.0 Å². The molecule has 1 saturated carbocycles. The molecule has 1 aliphatic rings. The fraction of sp³-hybridized carbons (Fsp3) is 0.714. The zero-order valence-corrected chi connectivity index (χ0v) is 11.7. The third-order valence-corrected chi connectivity index (χ3v) is 4.01. The predicted octanol–water partition coefficient (Wildman–Crippen LogP) is 1.54. The van der Waals surface area contributed by atoms with Crippen molar-refractivity contribution in [3.05, 3.63) is 18.0 Å². The number of carbonyl (C=O) groups excluding carboxylic acids is 1. The molecule has 1 aliphatic carbocycles. The van der Waals surface area contributed by atoms with Crippen molar-refractivity contribution in [2.75, 3.05) is 0 Å². The molecule has 0 saturated heterocycles. The van der Waals surface area contributed by atoms with Gasteiger partial charge in [-0.1, -0.05) is 6.92 Å². The second kappa shape index (κ2) is 6.19. The largest absolute Gasteiger partial charge is 0.393 e. The fourth-order valence-electron chi connectivity index (χ4n) is 2.74. The Bertz CT molecular complexity index is 422. The van der Waals surface area contributed by atoms with Gasteiger partial charge in [-0.25, -0.2) is 0 Å². The minimum atomic E-state index is -0.219. The summed E-state index contributed by atoms with van der Waals surface area (Å²) in [6.07, 6.45) is 5.43. The van der Waals surface area contributed by atoms with E-state index >= 15 is 0 Å². The summed E-state index contributed by atoms with van der Waals surface area (Å²) in [6, 6.07) is 1.96. The minimum absolute atomic E-state index is 0.0202. The summed E-state index contributed by atoms with van der Waals surface area (Å²) in [6.45, 7) is 2.06. The van der Waals surface area contributed by atoms with Crippen LogP contribution in [0.5, 0.6) is 0 Å². The summed E-state index contributed by atoms with van der Waals surface area (Å²) in [5, 5.41) is 16.7. The van der Waals surface area contributed by atoms with Crippen molar-refractivity contribution in [2.24, 2.45) is 13.0 Å². The zero-order valence-electron chi connectivity index (χ0n) is 11.7. The van der Waals surface area contributed by atoms with Gasteiger partial charge in [0.2, 0.25) is 5.91 Å². The van der Waals surface area contributed by atoms with Gasteiger partial charge in [-0.2, -0.15) is 5.10 Å². The molecule has 5 nitrogen and oxygen atoms in total. The first kappa shape index (κ1) is 14.1. The van der Waals surface area contributed by atoms with Gasteiger partial charge in [0.1, 0.15) is 0 Å². The first-order valence-electron chi connectivity index (χ1n) is 7.08. The third kappa shape index (κ3) is 3.35. The Hall–Kier alpha value is -1.36. The maximum Gasteiger partial charge on any atom is 0.223 e. The van der Waals surface area contributed by atoms with Gasteiger partial charge >= 0.3 is 0 Å². The number of aliphatic hydroxyl groups is 1. The second-order valence-electron chi connectivity index (χ2n) is 5.35. The van der Waals surface area contributed by atoms with Gasteiger partial charge < -0.3 is 10.4 Å². The molecule has 1 heterocycles. The highest BCUT2D eigenvalue weighted by atomic mass is 16.3. The first-order valence-corrected chi connectivity index (χ1v) is 7.08. The molecule has 2 rings (SSSR count). The van der Waals surface area contributed by atoms with E-state index in [9.17, 15) is 9.90 Å². The molecule has 19 heavy (non-hydrogen) atoms. The van der Waals surface area contributed by atoms with E-state index in [1.165, 1.54) is 0 Å². The zero-order chi connectivity index (χ0) is 13.8. The molecule has 0 aromatic carbocycles. The van der Waals surface area contributed by atoms with Crippen LogP contribution in [-0.2, 0) is 11.8 Å². The molecule has 5 heteroatoms. The highest BCUT2D eigenvalue weighted by Gasteiger charge is 2.27. The maximum absolute atomic E-state index is 12.3. The molecule has 0 radical (unpaired) electrons. The lowest BCUT2D eigenvalue weighted by atomic mass is 9.86. The Morgan fingerprint density at radius 3 is 2.74 bits per heavy atom. The van der Waals surface area contributed by atoms with Crippen LogP contribution in [0.4, 0.5) is 0 Å². The molecule has 0 unspecified atom stereocenters. The molecule has 1 fully saturated rings. The summed E-state index contributed by atoms with van der Waals surface area (Å²) in [4.78, 5) is 12.3. The molecule has 0 bridgehead atoms. The van der Waals surface area contributed by atoms with E-state index in [0.717, 1.165) is 37.8 Å². The number of aryl methyl sites for hydroxylation is 1. The van der Waals surface area contributed by atoms with Crippen molar-refractivity contribution in [1.29, 1.82) is 0 Å². The van der Waals surface area contributed by atoms with Crippen LogP contribution in [0.1, 0.15) is 50.8 Å². The molecular weight excluding hydrogens is 242 g/mol. The molecule has 2 N–H and O–H groups in total. The van der Waals surface area contributed by atoms with Crippen LogP contribution in [-0.4, -0.2) is 26.9 Å². The van der Waals surface area contributed by atoms with Crippen molar-refractivity contribution in [1.82, 2.24) is 15.1 Å². The van der Waals surface area contributed by atoms with Crippen LogP contribution < -0.4 is 5.32 Å². The normalized spacial score (nSPS) is 25.0. The Balaban J connectivity index is 1.95. The standard InChI is InChI=1S/C14H23N3O2/c1-3-12(13-8-9-15-17(13)2)16-14(19)10-4-6-11(18)7-5-10/h8-12,18H,3-7H2,1-2H3,(H,16,19)/t10?,11?,12-/m1/s1. The number of hydrogen-bond donors (Lipinski definition) is 2. The highest BCUT2D eigenvalue weighted by Crippen LogP contribution is 2.25. The summed E-state index contributed by atoms with van der Waals surface area (Å²) in [7, 11) is 1.89. The minimum Gasteiger partial charge on any atom is -0.393 e. The molecule has 1 amide bonds. The fourth-order valence-corrected chi connectivity index (χ4v) is 2.74. The van der Waals surface area contributed by atoms with Gasteiger partial charge in [-0.3, -0.25) is 9.48 Å². The Labute approximate surface area is 114 Å². The molecular formula is C14H23N3O2. The van der Waals surface area contributed by atoms with Gasteiger partial charge in [0.15, 0.2) is 0 Å². The Kier molecular flexibility index (Phi) is 4.58. The van der Waals surface area contributed by atoms with Crippen molar-refractivity contribution >= 4 is 5.91 Å². The number of aliphatic hydroxyl groups excluding tert-OH is 1. The molecule has 0 aliphatic heterocycles.